The summed E-state index contributed by atoms with van der Waals surface area (Å²) in [5.74, 6) is 0.877. The maximum atomic E-state index is 9.52. The van der Waals surface area contributed by atoms with E-state index in [9.17, 15) is 5.11 Å². The number of aromatic hydroxyl groups is 1. The van der Waals surface area contributed by atoms with E-state index in [4.69, 9.17) is 4.74 Å². The number of hydrogen-bond donors (Lipinski definition) is 1. The second-order valence-electron chi connectivity index (χ2n) is 4.99. The highest BCUT2D eigenvalue weighted by atomic mass is 16.5. The molecule has 2 atom stereocenters. The van der Waals surface area contributed by atoms with Crippen LogP contribution in [0.2, 0.25) is 0 Å². The summed E-state index contributed by atoms with van der Waals surface area (Å²) < 4.78 is 5.95. The van der Waals surface area contributed by atoms with Crippen molar-refractivity contribution in [3.63, 3.8) is 0 Å². The van der Waals surface area contributed by atoms with Gasteiger partial charge in [-0.25, -0.2) is 4.99 Å². The molecule has 1 heterocycles. The Morgan fingerprint density at radius 1 is 1.11 bits per heavy atom. The van der Waals surface area contributed by atoms with E-state index in [0.29, 0.717) is 5.90 Å². The van der Waals surface area contributed by atoms with Crippen molar-refractivity contribution in [2.24, 2.45) is 4.99 Å². The summed E-state index contributed by atoms with van der Waals surface area (Å²) in [4.78, 5) is 4.69. The van der Waals surface area contributed by atoms with Crippen LogP contribution in [-0.2, 0) is 11.2 Å². The number of ether oxygens (including phenoxy) is 1. The van der Waals surface area contributed by atoms with E-state index >= 15 is 0 Å². The minimum absolute atomic E-state index is 0.105. The Bertz CT molecular complexity index is 678. The van der Waals surface area contributed by atoms with Gasteiger partial charge in [0, 0.05) is 12.0 Å². The van der Waals surface area contributed by atoms with Crippen LogP contribution in [0, 0.1) is 0 Å². The molecule has 0 amide bonds. The highest BCUT2D eigenvalue weighted by molar-refractivity contribution is 5.96. The third-order valence-corrected chi connectivity index (χ3v) is 3.76. The third-order valence-electron chi connectivity index (χ3n) is 3.76. The molecule has 1 aliphatic carbocycles. The minimum atomic E-state index is 0.105. The van der Waals surface area contributed by atoms with Crippen molar-refractivity contribution in [3.05, 3.63) is 65.2 Å². The van der Waals surface area contributed by atoms with E-state index in [1.54, 1.807) is 18.2 Å². The van der Waals surface area contributed by atoms with Gasteiger partial charge < -0.3 is 9.84 Å². The first-order valence-corrected chi connectivity index (χ1v) is 6.43. The molecule has 0 radical (unpaired) electrons. The highest BCUT2D eigenvalue weighted by Crippen LogP contribution is 2.40. The van der Waals surface area contributed by atoms with Crippen LogP contribution in [0.4, 0.5) is 0 Å². The van der Waals surface area contributed by atoms with E-state index in [1.165, 1.54) is 11.1 Å². The molecule has 0 saturated heterocycles. The topological polar surface area (TPSA) is 41.8 Å². The average Bonchev–Trinajstić information content (AvgIpc) is 2.96. The molecule has 0 fully saturated rings. The van der Waals surface area contributed by atoms with E-state index in [1.807, 2.05) is 12.1 Å². The molecule has 2 aromatic rings. The molecule has 3 nitrogen and oxygen atoms in total. The summed E-state index contributed by atoms with van der Waals surface area (Å²) in [7, 11) is 0. The molecule has 1 N–H and O–H groups in total. The Labute approximate surface area is 111 Å². The normalized spacial score (nSPS) is 23.5. The lowest BCUT2D eigenvalue weighted by Crippen LogP contribution is -2.13. The number of phenols is 1. The number of benzene rings is 2. The fourth-order valence-corrected chi connectivity index (χ4v) is 2.88. The first kappa shape index (κ1) is 10.6. The van der Waals surface area contributed by atoms with Gasteiger partial charge >= 0.3 is 0 Å². The number of rotatable bonds is 1. The van der Waals surface area contributed by atoms with Crippen molar-refractivity contribution in [2.45, 2.75) is 18.6 Å². The molecule has 0 saturated carbocycles. The van der Waals surface area contributed by atoms with Crippen LogP contribution in [0.15, 0.2) is 53.5 Å². The average molecular weight is 251 g/mol. The van der Waals surface area contributed by atoms with Crippen molar-refractivity contribution in [1.29, 1.82) is 0 Å². The van der Waals surface area contributed by atoms with Crippen molar-refractivity contribution in [3.8, 4) is 5.75 Å². The third kappa shape index (κ3) is 1.62. The molecule has 3 heteroatoms. The Hall–Kier alpha value is -2.29. The lowest BCUT2D eigenvalue weighted by atomic mass is 10.1. The predicted octanol–water partition coefficient (Wildman–Crippen LogP) is 2.84. The van der Waals surface area contributed by atoms with Crippen LogP contribution in [0.5, 0.6) is 5.75 Å². The van der Waals surface area contributed by atoms with E-state index in [-0.39, 0.29) is 17.9 Å². The Kier molecular flexibility index (Phi) is 2.15. The Morgan fingerprint density at radius 2 is 2.00 bits per heavy atom. The van der Waals surface area contributed by atoms with Gasteiger partial charge in [-0.3, -0.25) is 0 Å². The van der Waals surface area contributed by atoms with E-state index < -0.39 is 0 Å². The van der Waals surface area contributed by atoms with Crippen molar-refractivity contribution >= 4 is 5.90 Å². The molecule has 4 rings (SSSR count). The molecule has 2 aromatic carbocycles. The molecule has 19 heavy (non-hydrogen) atoms. The number of fused-ring (bicyclic) bond motifs is 3. The van der Waals surface area contributed by atoms with Gasteiger partial charge in [0.25, 0.3) is 0 Å². The molecular formula is C16H13NO2. The molecule has 0 spiro atoms. The zero-order chi connectivity index (χ0) is 12.8. The lowest BCUT2D eigenvalue weighted by molar-refractivity contribution is 0.206. The van der Waals surface area contributed by atoms with Crippen LogP contribution < -0.4 is 0 Å². The molecular weight excluding hydrogens is 238 g/mol. The number of hydrogen-bond acceptors (Lipinski definition) is 3. The molecule has 0 unspecified atom stereocenters. The van der Waals surface area contributed by atoms with Gasteiger partial charge in [-0.2, -0.15) is 0 Å². The zero-order valence-electron chi connectivity index (χ0n) is 10.3. The quantitative estimate of drug-likeness (QED) is 0.846. The summed E-state index contributed by atoms with van der Waals surface area (Å²) in [5.41, 5.74) is 3.44. The molecule has 2 aliphatic rings. The Balaban J connectivity index is 1.73. The summed E-state index contributed by atoms with van der Waals surface area (Å²) in [5, 5.41) is 9.52. The van der Waals surface area contributed by atoms with Crippen LogP contribution >= 0.6 is 0 Å². The molecule has 0 aromatic heterocycles. The van der Waals surface area contributed by atoms with Gasteiger partial charge in [-0.1, -0.05) is 30.3 Å². The van der Waals surface area contributed by atoms with Crippen LogP contribution in [0.3, 0.4) is 0 Å². The fourth-order valence-electron chi connectivity index (χ4n) is 2.88. The van der Waals surface area contributed by atoms with Gasteiger partial charge in [0.2, 0.25) is 5.90 Å². The van der Waals surface area contributed by atoms with Gasteiger partial charge in [0.1, 0.15) is 17.9 Å². The second-order valence-corrected chi connectivity index (χ2v) is 4.99. The van der Waals surface area contributed by atoms with Crippen LogP contribution in [0.25, 0.3) is 0 Å². The number of phenolic OH excluding ortho intramolecular Hbond substituents is 1. The van der Waals surface area contributed by atoms with Crippen LogP contribution in [0.1, 0.15) is 22.7 Å². The monoisotopic (exact) mass is 251 g/mol. The smallest absolute Gasteiger partial charge is 0.217 e. The molecule has 0 bridgehead atoms. The highest BCUT2D eigenvalue weighted by Gasteiger charge is 2.39. The standard InChI is InChI=1S/C16H13NO2/c18-12-6-3-5-11(8-12)16-17-15-13-7-2-1-4-10(13)9-14(15)19-16/h1-8,14-15,18H,9H2/t14-,15+/m1/s1. The van der Waals surface area contributed by atoms with Crippen LogP contribution in [-0.4, -0.2) is 17.1 Å². The molecule has 1 aliphatic heterocycles. The summed E-state index contributed by atoms with van der Waals surface area (Å²) in [6.07, 6.45) is 1.02. The second kappa shape index (κ2) is 3.85. The maximum absolute atomic E-state index is 9.52. The molecule has 94 valence electrons. The van der Waals surface area contributed by atoms with Crippen molar-refractivity contribution in [2.75, 3.05) is 0 Å². The first-order valence-electron chi connectivity index (χ1n) is 6.43. The number of aliphatic imine (C=N–C) groups is 1. The number of nitrogens with zero attached hydrogens (tertiary/aromatic N) is 1. The van der Waals surface area contributed by atoms with Gasteiger partial charge in [-0.05, 0) is 29.3 Å². The van der Waals surface area contributed by atoms with Gasteiger partial charge in [0.05, 0.1) is 0 Å². The summed E-state index contributed by atoms with van der Waals surface area (Å²) in [6, 6.07) is 15.5. The predicted molar refractivity (Wildman–Crippen MR) is 72.4 cm³/mol. The van der Waals surface area contributed by atoms with E-state index in [0.717, 1.165) is 12.0 Å². The van der Waals surface area contributed by atoms with E-state index in [2.05, 4.69) is 23.2 Å². The summed E-state index contributed by atoms with van der Waals surface area (Å²) in [6.45, 7) is 0. The zero-order valence-corrected chi connectivity index (χ0v) is 10.3. The first-order chi connectivity index (χ1) is 9.31. The lowest BCUT2D eigenvalue weighted by Gasteiger charge is -2.08. The van der Waals surface area contributed by atoms with Crippen molar-refractivity contribution < 1.29 is 9.84 Å². The summed E-state index contributed by atoms with van der Waals surface area (Å²) >= 11 is 0. The van der Waals surface area contributed by atoms with Crippen molar-refractivity contribution in [1.82, 2.24) is 0 Å². The SMILES string of the molecule is Oc1cccc(C2=N[C@H]3c4ccccc4C[C@H]3O2)c1. The van der Waals surface area contributed by atoms with Gasteiger partial charge in [-0.15, -0.1) is 0 Å². The largest absolute Gasteiger partial charge is 0.508 e. The fraction of sp³-hybridized carbons (Fsp3) is 0.188. The Morgan fingerprint density at radius 3 is 2.89 bits per heavy atom. The van der Waals surface area contributed by atoms with Gasteiger partial charge in [0.15, 0.2) is 0 Å². The maximum Gasteiger partial charge on any atom is 0.217 e. The minimum Gasteiger partial charge on any atom is -0.508 e.